The Kier molecular flexibility index (Phi) is 7.59. The van der Waals surface area contributed by atoms with Gasteiger partial charge in [0.15, 0.2) is 17.5 Å². The van der Waals surface area contributed by atoms with Crippen molar-refractivity contribution in [3.63, 3.8) is 0 Å². The Morgan fingerprint density at radius 1 is 1.29 bits per heavy atom. The van der Waals surface area contributed by atoms with Crippen LogP contribution in [0.5, 0.6) is 11.5 Å². The Balaban J connectivity index is 0.00000288. The highest BCUT2D eigenvalue weighted by Crippen LogP contribution is 2.32. The monoisotopic (exact) mass is 448 g/mol. The number of amides is 1. The van der Waals surface area contributed by atoms with Crippen LogP contribution >= 0.6 is 24.0 Å². The maximum absolute atomic E-state index is 11.4. The lowest BCUT2D eigenvalue weighted by Gasteiger charge is -2.22. The fourth-order valence-corrected chi connectivity index (χ4v) is 1.94. The molecule has 134 valence electrons. The predicted octanol–water partition coefficient (Wildman–Crippen LogP) is 1.60. The number of hydrogen-bond acceptors (Lipinski definition) is 4. The summed E-state index contributed by atoms with van der Waals surface area (Å²) in [4.78, 5) is 15.9. The van der Waals surface area contributed by atoms with E-state index in [4.69, 9.17) is 15.2 Å². The van der Waals surface area contributed by atoms with Gasteiger partial charge in [0.05, 0.1) is 12.0 Å². The Morgan fingerprint density at radius 2 is 2.00 bits per heavy atom. The van der Waals surface area contributed by atoms with Gasteiger partial charge in [0.1, 0.15) is 0 Å². The second-order valence-corrected chi connectivity index (χ2v) is 5.98. The molecule has 24 heavy (non-hydrogen) atoms. The van der Waals surface area contributed by atoms with Gasteiger partial charge in [0.2, 0.25) is 12.7 Å². The molecular weight excluding hydrogens is 423 g/mol. The van der Waals surface area contributed by atoms with Crippen LogP contribution in [-0.4, -0.2) is 31.7 Å². The highest BCUT2D eigenvalue weighted by atomic mass is 127. The summed E-state index contributed by atoms with van der Waals surface area (Å²) < 4.78 is 10.6. The highest BCUT2D eigenvalue weighted by molar-refractivity contribution is 14.0. The second kappa shape index (κ2) is 8.95. The van der Waals surface area contributed by atoms with Crippen LogP contribution in [0.2, 0.25) is 0 Å². The molecule has 0 aliphatic carbocycles. The number of nitrogens with zero attached hydrogens (tertiary/aromatic N) is 1. The molecule has 0 radical (unpaired) electrons. The summed E-state index contributed by atoms with van der Waals surface area (Å²) in [6.45, 7) is 7.46. The number of fused-ring (bicyclic) bond motifs is 1. The van der Waals surface area contributed by atoms with E-state index < -0.39 is 5.41 Å². The van der Waals surface area contributed by atoms with Crippen molar-refractivity contribution < 1.29 is 14.3 Å². The molecule has 0 fully saturated rings. The molecule has 0 aromatic heterocycles. The zero-order chi connectivity index (χ0) is 16.9. The van der Waals surface area contributed by atoms with Crippen molar-refractivity contribution in [1.29, 1.82) is 0 Å². The van der Waals surface area contributed by atoms with Gasteiger partial charge in [-0.25, -0.2) is 4.99 Å². The molecule has 0 saturated heterocycles. The maximum atomic E-state index is 11.4. The average molecular weight is 448 g/mol. The van der Waals surface area contributed by atoms with Gasteiger partial charge in [-0.2, -0.15) is 0 Å². The van der Waals surface area contributed by atoms with Crippen LogP contribution in [0.15, 0.2) is 23.2 Å². The number of guanidine groups is 1. The summed E-state index contributed by atoms with van der Waals surface area (Å²) in [5.74, 6) is 1.78. The minimum absolute atomic E-state index is 0. The summed E-state index contributed by atoms with van der Waals surface area (Å²) >= 11 is 0. The third-order valence-electron chi connectivity index (χ3n) is 3.57. The molecule has 1 amide bonds. The first kappa shape index (κ1) is 20.3. The summed E-state index contributed by atoms with van der Waals surface area (Å²) in [7, 11) is 0. The standard InChI is InChI=1S/C16H24N4O3.HI/c1-4-18-15(20-9-16(2,3)14(17)21)19-8-11-5-6-12-13(7-11)23-10-22-12;/h5-7H,4,8-10H2,1-3H3,(H2,17,21)(H2,18,19,20);1H. The number of halogens is 1. The van der Waals surface area contributed by atoms with Gasteiger partial charge < -0.3 is 25.8 Å². The van der Waals surface area contributed by atoms with Crippen molar-refractivity contribution in [2.75, 3.05) is 19.9 Å². The number of ether oxygens (including phenoxy) is 2. The molecular formula is C16H25IN4O3. The van der Waals surface area contributed by atoms with Crippen molar-refractivity contribution in [1.82, 2.24) is 10.6 Å². The number of nitrogens with one attached hydrogen (secondary N) is 2. The molecule has 1 aromatic carbocycles. The van der Waals surface area contributed by atoms with Gasteiger partial charge in [-0.1, -0.05) is 6.07 Å². The Bertz CT molecular complexity index is 605. The average Bonchev–Trinajstić information content (AvgIpc) is 2.97. The first-order valence-corrected chi connectivity index (χ1v) is 7.63. The summed E-state index contributed by atoms with van der Waals surface area (Å²) in [5, 5.41) is 6.29. The van der Waals surface area contributed by atoms with E-state index in [0.717, 1.165) is 23.6 Å². The Hall–Kier alpha value is -1.71. The van der Waals surface area contributed by atoms with Gasteiger partial charge in [0.25, 0.3) is 0 Å². The molecule has 0 bridgehead atoms. The van der Waals surface area contributed by atoms with Crippen molar-refractivity contribution in [3.05, 3.63) is 23.8 Å². The lowest BCUT2D eigenvalue weighted by atomic mass is 9.93. The number of nitrogens with two attached hydrogens (primary N) is 1. The molecule has 1 aliphatic rings. The van der Waals surface area contributed by atoms with Crippen LogP contribution in [-0.2, 0) is 11.3 Å². The number of benzene rings is 1. The van der Waals surface area contributed by atoms with Crippen LogP contribution in [0, 0.1) is 5.41 Å². The molecule has 2 rings (SSSR count). The molecule has 4 N–H and O–H groups in total. The minimum atomic E-state index is -0.644. The van der Waals surface area contributed by atoms with Crippen LogP contribution in [0.3, 0.4) is 0 Å². The number of hydrogen-bond donors (Lipinski definition) is 3. The van der Waals surface area contributed by atoms with Gasteiger partial charge in [-0.15, -0.1) is 24.0 Å². The SMILES string of the molecule is CCNC(=NCc1ccc2c(c1)OCO2)NCC(C)(C)C(N)=O.I. The third kappa shape index (κ3) is 5.43. The Labute approximate surface area is 159 Å². The first-order chi connectivity index (χ1) is 10.9. The van der Waals surface area contributed by atoms with E-state index in [1.54, 1.807) is 13.8 Å². The van der Waals surface area contributed by atoms with E-state index in [0.29, 0.717) is 19.0 Å². The van der Waals surface area contributed by atoms with Gasteiger partial charge in [-0.3, -0.25) is 4.79 Å². The largest absolute Gasteiger partial charge is 0.454 e. The number of aliphatic imine (C=N–C) groups is 1. The van der Waals surface area contributed by atoms with Crippen LogP contribution in [0.1, 0.15) is 26.3 Å². The molecule has 8 heteroatoms. The molecule has 0 unspecified atom stereocenters. The van der Waals surface area contributed by atoms with E-state index in [-0.39, 0.29) is 36.7 Å². The van der Waals surface area contributed by atoms with Crippen LogP contribution in [0.4, 0.5) is 0 Å². The zero-order valence-electron chi connectivity index (χ0n) is 14.2. The fraction of sp³-hybridized carbons (Fsp3) is 0.500. The second-order valence-electron chi connectivity index (χ2n) is 5.98. The quantitative estimate of drug-likeness (QED) is 0.349. The van der Waals surface area contributed by atoms with Gasteiger partial charge >= 0.3 is 0 Å². The molecule has 7 nitrogen and oxygen atoms in total. The van der Waals surface area contributed by atoms with Gasteiger partial charge in [-0.05, 0) is 38.5 Å². The minimum Gasteiger partial charge on any atom is -0.454 e. The summed E-state index contributed by atoms with van der Waals surface area (Å²) in [5.41, 5.74) is 5.75. The topological polar surface area (TPSA) is 98.0 Å². The lowest BCUT2D eigenvalue weighted by molar-refractivity contribution is -0.125. The van der Waals surface area contributed by atoms with E-state index in [1.807, 2.05) is 25.1 Å². The molecule has 0 spiro atoms. The number of primary amides is 1. The smallest absolute Gasteiger partial charge is 0.231 e. The number of carbonyl (C=O) groups excluding carboxylic acids is 1. The number of rotatable bonds is 6. The predicted molar refractivity (Wildman–Crippen MR) is 104 cm³/mol. The van der Waals surface area contributed by atoms with Crippen molar-refractivity contribution in [2.45, 2.75) is 27.3 Å². The van der Waals surface area contributed by atoms with E-state index >= 15 is 0 Å². The maximum Gasteiger partial charge on any atom is 0.231 e. The van der Waals surface area contributed by atoms with Crippen molar-refractivity contribution in [3.8, 4) is 11.5 Å². The molecule has 1 aromatic rings. The van der Waals surface area contributed by atoms with Crippen LogP contribution in [0.25, 0.3) is 0 Å². The Morgan fingerprint density at radius 3 is 2.67 bits per heavy atom. The highest BCUT2D eigenvalue weighted by Gasteiger charge is 2.24. The molecule has 0 atom stereocenters. The van der Waals surface area contributed by atoms with E-state index in [9.17, 15) is 4.79 Å². The first-order valence-electron chi connectivity index (χ1n) is 7.63. The third-order valence-corrected chi connectivity index (χ3v) is 3.57. The molecule has 1 aliphatic heterocycles. The molecule has 1 heterocycles. The van der Waals surface area contributed by atoms with Crippen molar-refractivity contribution >= 4 is 35.8 Å². The van der Waals surface area contributed by atoms with Crippen LogP contribution < -0.4 is 25.8 Å². The number of carbonyl (C=O) groups is 1. The zero-order valence-corrected chi connectivity index (χ0v) is 16.5. The van der Waals surface area contributed by atoms with Gasteiger partial charge in [0, 0.05) is 13.1 Å². The summed E-state index contributed by atoms with van der Waals surface area (Å²) in [6.07, 6.45) is 0. The molecule has 0 saturated carbocycles. The van der Waals surface area contributed by atoms with E-state index in [2.05, 4.69) is 15.6 Å². The normalized spacial score (nSPS) is 13.2. The van der Waals surface area contributed by atoms with E-state index in [1.165, 1.54) is 0 Å². The fourth-order valence-electron chi connectivity index (χ4n) is 1.94. The lowest BCUT2D eigenvalue weighted by Crippen LogP contribution is -2.46. The summed E-state index contributed by atoms with van der Waals surface area (Å²) in [6, 6.07) is 5.75. The van der Waals surface area contributed by atoms with Crippen molar-refractivity contribution in [2.24, 2.45) is 16.1 Å².